The predicted molar refractivity (Wildman–Crippen MR) is 103 cm³/mol. The van der Waals surface area contributed by atoms with Crippen molar-refractivity contribution in [2.24, 2.45) is 0 Å². The molecule has 5 heteroatoms. The molecule has 0 bridgehead atoms. The number of nitrogens with one attached hydrogen (secondary N) is 2. The third-order valence-electron chi connectivity index (χ3n) is 5.50. The summed E-state index contributed by atoms with van der Waals surface area (Å²) < 4.78 is 0. The molecular weight excluding hydrogens is 324 g/mol. The molecule has 5 nitrogen and oxygen atoms in total. The number of aromatic nitrogens is 1. The molecule has 4 rings (SSSR count). The SMILES string of the molecule is Cc1ncc2c(c1CNC(=O)c1ccc(N3CCCC3)cc1)CCNC2. The van der Waals surface area contributed by atoms with Crippen LogP contribution in [0.15, 0.2) is 30.5 Å². The first kappa shape index (κ1) is 17.0. The maximum atomic E-state index is 12.6. The molecular formula is C21H26N4O. The molecule has 1 fully saturated rings. The van der Waals surface area contributed by atoms with E-state index in [0.717, 1.165) is 38.3 Å². The fraction of sp³-hybridized carbons (Fsp3) is 0.429. The molecule has 26 heavy (non-hydrogen) atoms. The van der Waals surface area contributed by atoms with Gasteiger partial charge >= 0.3 is 0 Å². The molecule has 0 atom stereocenters. The van der Waals surface area contributed by atoms with Crippen LogP contribution in [0.25, 0.3) is 0 Å². The molecule has 0 unspecified atom stereocenters. The van der Waals surface area contributed by atoms with E-state index in [2.05, 4.69) is 32.7 Å². The molecule has 2 aliphatic heterocycles. The van der Waals surface area contributed by atoms with Crippen molar-refractivity contribution in [2.75, 3.05) is 24.5 Å². The Balaban J connectivity index is 1.44. The van der Waals surface area contributed by atoms with Crippen molar-refractivity contribution in [1.82, 2.24) is 15.6 Å². The molecule has 0 saturated carbocycles. The summed E-state index contributed by atoms with van der Waals surface area (Å²) in [6.45, 7) is 6.64. The fourth-order valence-corrected chi connectivity index (χ4v) is 3.95. The summed E-state index contributed by atoms with van der Waals surface area (Å²) in [7, 11) is 0. The second-order valence-corrected chi connectivity index (χ2v) is 7.18. The van der Waals surface area contributed by atoms with Gasteiger partial charge in [-0.1, -0.05) is 0 Å². The fourth-order valence-electron chi connectivity index (χ4n) is 3.95. The average Bonchev–Trinajstić information content (AvgIpc) is 3.22. The van der Waals surface area contributed by atoms with Gasteiger partial charge in [0.05, 0.1) is 0 Å². The molecule has 2 aliphatic rings. The lowest BCUT2D eigenvalue weighted by atomic mass is 9.96. The van der Waals surface area contributed by atoms with E-state index in [1.807, 2.05) is 25.3 Å². The van der Waals surface area contributed by atoms with Crippen LogP contribution in [0.1, 0.15) is 45.6 Å². The zero-order valence-corrected chi connectivity index (χ0v) is 15.3. The first-order valence-corrected chi connectivity index (χ1v) is 9.52. The van der Waals surface area contributed by atoms with Gasteiger partial charge in [-0.15, -0.1) is 0 Å². The first-order valence-electron chi connectivity index (χ1n) is 9.52. The van der Waals surface area contributed by atoms with Gasteiger partial charge in [-0.05, 0) is 73.7 Å². The standard InChI is InChI=1S/C21H26N4O/c1-15-20(19-8-9-22-12-17(19)13-23-15)14-24-21(26)16-4-6-18(7-5-16)25-10-2-3-11-25/h4-7,13,22H,2-3,8-12,14H2,1H3,(H,24,26). The van der Waals surface area contributed by atoms with E-state index in [4.69, 9.17) is 0 Å². The normalized spacial score (nSPS) is 16.4. The van der Waals surface area contributed by atoms with E-state index < -0.39 is 0 Å². The van der Waals surface area contributed by atoms with E-state index >= 15 is 0 Å². The van der Waals surface area contributed by atoms with Crippen molar-refractivity contribution in [2.45, 2.75) is 39.3 Å². The van der Waals surface area contributed by atoms with E-state index in [-0.39, 0.29) is 5.91 Å². The predicted octanol–water partition coefficient (Wildman–Crippen LogP) is 2.57. The minimum atomic E-state index is -0.0242. The van der Waals surface area contributed by atoms with Gasteiger partial charge in [0.15, 0.2) is 0 Å². The van der Waals surface area contributed by atoms with E-state index in [0.29, 0.717) is 12.1 Å². The molecule has 1 aromatic heterocycles. The molecule has 2 N–H and O–H groups in total. The van der Waals surface area contributed by atoms with Crippen LogP contribution < -0.4 is 15.5 Å². The van der Waals surface area contributed by atoms with Crippen LogP contribution >= 0.6 is 0 Å². The molecule has 0 radical (unpaired) electrons. The maximum Gasteiger partial charge on any atom is 0.251 e. The lowest BCUT2D eigenvalue weighted by molar-refractivity contribution is 0.0950. The summed E-state index contributed by atoms with van der Waals surface area (Å²) in [5.41, 5.74) is 6.71. The number of hydrogen-bond donors (Lipinski definition) is 2. The maximum absolute atomic E-state index is 12.6. The van der Waals surface area contributed by atoms with Crippen molar-refractivity contribution in [3.05, 3.63) is 58.4 Å². The Morgan fingerprint density at radius 2 is 2.00 bits per heavy atom. The Labute approximate surface area is 154 Å². The highest BCUT2D eigenvalue weighted by atomic mass is 16.1. The van der Waals surface area contributed by atoms with Crippen LogP contribution in [0.5, 0.6) is 0 Å². The Morgan fingerprint density at radius 3 is 2.77 bits per heavy atom. The highest BCUT2D eigenvalue weighted by Crippen LogP contribution is 2.22. The Bertz CT molecular complexity index is 794. The second kappa shape index (κ2) is 7.46. The highest BCUT2D eigenvalue weighted by Gasteiger charge is 2.17. The lowest BCUT2D eigenvalue weighted by Crippen LogP contribution is -2.28. The average molecular weight is 350 g/mol. The van der Waals surface area contributed by atoms with Crippen LogP contribution in [-0.2, 0) is 19.5 Å². The number of carbonyl (C=O) groups is 1. The Kier molecular flexibility index (Phi) is 4.89. The number of benzene rings is 1. The number of carbonyl (C=O) groups excluding carboxylic acids is 1. The minimum absolute atomic E-state index is 0.0242. The number of nitrogens with zero attached hydrogens (tertiary/aromatic N) is 2. The zero-order chi connectivity index (χ0) is 17.9. The summed E-state index contributed by atoms with van der Waals surface area (Å²) in [5.74, 6) is -0.0242. The number of pyridine rings is 1. The van der Waals surface area contributed by atoms with Crippen LogP contribution in [0, 0.1) is 6.92 Å². The highest BCUT2D eigenvalue weighted by molar-refractivity contribution is 5.94. The summed E-state index contributed by atoms with van der Waals surface area (Å²) in [6.07, 6.45) is 5.47. The van der Waals surface area contributed by atoms with Gasteiger partial charge in [-0.2, -0.15) is 0 Å². The number of amides is 1. The van der Waals surface area contributed by atoms with E-state index in [1.54, 1.807) is 0 Å². The Hall–Kier alpha value is -2.40. The summed E-state index contributed by atoms with van der Waals surface area (Å²) in [5, 5.41) is 6.46. The molecule has 2 aromatic rings. The third kappa shape index (κ3) is 3.44. The number of rotatable bonds is 4. The third-order valence-corrected chi connectivity index (χ3v) is 5.50. The smallest absolute Gasteiger partial charge is 0.251 e. The van der Waals surface area contributed by atoms with Crippen LogP contribution in [-0.4, -0.2) is 30.5 Å². The summed E-state index contributed by atoms with van der Waals surface area (Å²) in [4.78, 5) is 19.5. The molecule has 1 aromatic carbocycles. The van der Waals surface area contributed by atoms with Gasteiger partial charge < -0.3 is 15.5 Å². The van der Waals surface area contributed by atoms with Crippen molar-refractivity contribution in [3.8, 4) is 0 Å². The number of aryl methyl sites for hydroxylation is 1. The van der Waals surface area contributed by atoms with Gasteiger partial charge in [0.1, 0.15) is 0 Å². The Morgan fingerprint density at radius 1 is 1.23 bits per heavy atom. The topological polar surface area (TPSA) is 57.3 Å². The van der Waals surface area contributed by atoms with E-state index in [9.17, 15) is 4.79 Å². The van der Waals surface area contributed by atoms with Gasteiger partial charge in [0, 0.05) is 49.3 Å². The van der Waals surface area contributed by atoms with Crippen LogP contribution in [0.2, 0.25) is 0 Å². The number of fused-ring (bicyclic) bond motifs is 1. The van der Waals surface area contributed by atoms with Gasteiger partial charge in [-0.25, -0.2) is 0 Å². The van der Waals surface area contributed by atoms with Gasteiger partial charge in [0.2, 0.25) is 0 Å². The molecule has 1 amide bonds. The van der Waals surface area contributed by atoms with Crippen molar-refractivity contribution in [3.63, 3.8) is 0 Å². The summed E-state index contributed by atoms with van der Waals surface area (Å²) >= 11 is 0. The van der Waals surface area contributed by atoms with Crippen molar-refractivity contribution < 1.29 is 4.79 Å². The largest absolute Gasteiger partial charge is 0.372 e. The monoisotopic (exact) mass is 350 g/mol. The van der Waals surface area contributed by atoms with Crippen LogP contribution in [0.4, 0.5) is 5.69 Å². The lowest BCUT2D eigenvalue weighted by Gasteiger charge is -2.21. The first-order chi connectivity index (χ1) is 12.7. The van der Waals surface area contributed by atoms with Gasteiger partial charge in [0.25, 0.3) is 5.91 Å². The quantitative estimate of drug-likeness (QED) is 0.890. The minimum Gasteiger partial charge on any atom is -0.372 e. The summed E-state index contributed by atoms with van der Waals surface area (Å²) in [6, 6.07) is 7.98. The molecule has 136 valence electrons. The molecule has 0 spiro atoms. The van der Waals surface area contributed by atoms with Crippen molar-refractivity contribution in [1.29, 1.82) is 0 Å². The molecule has 3 heterocycles. The number of anilines is 1. The molecule has 1 saturated heterocycles. The number of hydrogen-bond acceptors (Lipinski definition) is 4. The van der Waals surface area contributed by atoms with Gasteiger partial charge in [-0.3, -0.25) is 9.78 Å². The zero-order valence-electron chi connectivity index (χ0n) is 15.3. The van der Waals surface area contributed by atoms with Crippen LogP contribution in [0.3, 0.4) is 0 Å². The van der Waals surface area contributed by atoms with E-state index in [1.165, 1.54) is 35.2 Å². The second-order valence-electron chi connectivity index (χ2n) is 7.18. The molecule has 0 aliphatic carbocycles. The van der Waals surface area contributed by atoms with Crippen molar-refractivity contribution >= 4 is 11.6 Å².